The number of fused-ring (bicyclic) bond motifs is 1. The minimum absolute atomic E-state index is 0.0232. The molecule has 0 aliphatic heterocycles. The average Bonchev–Trinajstić information content (AvgIpc) is 3.30. The molecule has 0 bridgehead atoms. The normalized spacial score (nSPS) is 15.9. The van der Waals surface area contributed by atoms with E-state index < -0.39 is 24.0 Å². The zero-order valence-corrected chi connectivity index (χ0v) is 18.6. The molecular weight excluding hydrogens is 435 g/mol. The molecule has 0 atom stereocenters. The molecule has 2 aromatic heterocycles. The topological polar surface area (TPSA) is 95.3 Å². The van der Waals surface area contributed by atoms with Crippen LogP contribution in [0.2, 0.25) is 0 Å². The predicted octanol–water partition coefficient (Wildman–Crippen LogP) is 5.25. The van der Waals surface area contributed by atoms with Crippen molar-refractivity contribution in [1.29, 1.82) is 0 Å². The summed E-state index contributed by atoms with van der Waals surface area (Å²) in [7, 11) is 0. The summed E-state index contributed by atoms with van der Waals surface area (Å²) in [6.45, 7) is 5.45. The van der Waals surface area contributed by atoms with Crippen LogP contribution in [0.15, 0.2) is 35.6 Å². The summed E-state index contributed by atoms with van der Waals surface area (Å²) in [4.78, 5) is 20.1. The van der Waals surface area contributed by atoms with Gasteiger partial charge in [-0.2, -0.15) is 18.3 Å². The first-order chi connectivity index (χ1) is 15.5. The molecule has 0 saturated heterocycles. The maximum atomic E-state index is 13.2. The first kappa shape index (κ1) is 22.9. The largest absolute Gasteiger partial charge is 0.494 e. The SMILES string of the molecule is CCC(=Nc1cnn(C(C)C)c1)c1c(O)[nH]c2ccc(C(=O)NCC3(C(F)(F)F)CC3)cc12. The van der Waals surface area contributed by atoms with Gasteiger partial charge in [0.05, 0.1) is 29.1 Å². The summed E-state index contributed by atoms with van der Waals surface area (Å²) in [5.41, 5.74) is 0.662. The number of carbonyl (C=O) groups excluding carboxylic acids is 1. The number of aromatic nitrogens is 3. The first-order valence-electron chi connectivity index (χ1n) is 10.9. The summed E-state index contributed by atoms with van der Waals surface area (Å²) in [6, 6.07) is 4.87. The molecule has 1 amide bonds. The van der Waals surface area contributed by atoms with Gasteiger partial charge in [0.2, 0.25) is 0 Å². The van der Waals surface area contributed by atoms with E-state index in [1.165, 1.54) is 6.07 Å². The van der Waals surface area contributed by atoms with Gasteiger partial charge in [0.25, 0.3) is 5.91 Å². The van der Waals surface area contributed by atoms with Gasteiger partial charge >= 0.3 is 6.18 Å². The number of carbonyl (C=O) groups is 1. The summed E-state index contributed by atoms with van der Waals surface area (Å²) in [5.74, 6) is -0.680. The van der Waals surface area contributed by atoms with Crippen molar-refractivity contribution < 1.29 is 23.1 Å². The van der Waals surface area contributed by atoms with Gasteiger partial charge in [-0.15, -0.1) is 0 Å². The number of hydrogen-bond acceptors (Lipinski definition) is 4. The summed E-state index contributed by atoms with van der Waals surface area (Å²) < 4.78 is 41.3. The molecule has 2 heterocycles. The smallest absolute Gasteiger partial charge is 0.396 e. The third-order valence-corrected chi connectivity index (χ3v) is 6.09. The summed E-state index contributed by atoms with van der Waals surface area (Å²) in [6.07, 6.45) is -0.351. The van der Waals surface area contributed by atoms with E-state index in [-0.39, 0.29) is 30.3 Å². The molecule has 10 heteroatoms. The molecule has 176 valence electrons. The molecule has 1 aromatic carbocycles. The van der Waals surface area contributed by atoms with E-state index in [0.717, 1.165) is 0 Å². The first-order valence-corrected chi connectivity index (χ1v) is 10.9. The van der Waals surface area contributed by atoms with E-state index in [4.69, 9.17) is 0 Å². The molecular formula is C23H26F3N5O2. The Morgan fingerprint density at radius 3 is 2.67 bits per heavy atom. The van der Waals surface area contributed by atoms with Crippen molar-refractivity contribution in [3.05, 3.63) is 41.7 Å². The highest BCUT2D eigenvalue weighted by Crippen LogP contribution is 2.57. The number of rotatable bonds is 7. The number of H-pyrrole nitrogens is 1. The Labute approximate surface area is 188 Å². The monoisotopic (exact) mass is 461 g/mol. The van der Waals surface area contributed by atoms with E-state index in [1.807, 2.05) is 20.8 Å². The van der Waals surface area contributed by atoms with Crippen molar-refractivity contribution in [3.8, 4) is 5.88 Å². The van der Waals surface area contributed by atoms with Crippen LogP contribution >= 0.6 is 0 Å². The molecule has 3 aromatic rings. The zero-order valence-electron chi connectivity index (χ0n) is 18.6. The zero-order chi connectivity index (χ0) is 24.0. The van der Waals surface area contributed by atoms with Gasteiger partial charge in [0, 0.05) is 29.1 Å². The highest BCUT2D eigenvalue weighted by molar-refractivity contribution is 6.14. The molecule has 7 nitrogen and oxygen atoms in total. The molecule has 0 spiro atoms. The number of nitrogens with one attached hydrogen (secondary N) is 2. The van der Waals surface area contributed by atoms with E-state index in [0.29, 0.717) is 34.3 Å². The van der Waals surface area contributed by atoms with Gasteiger partial charge < -0.3 is 15.4 Å². The third kappa shape index (κ3) is 4.34. The Morgan fingerprint density at radius 1 is 1.36 bits per heavy atom. The fraction of sp³-hybridized carbons (Fsp3) is 0.435. The second-order valence-corrected chi connectivity index (χ2v) is 8.75. The minimum Gasteiger partial charge on any atom is -0.494 e. The van der Waals surface area contributed by atoms with Crippen molar-refractivity contribution in [2.45, 2.75) is 52.3 Å². The molecule has 1 saturated carbocycles. The van der Waals surface area contributed by atoms with Crippen LogP contribution in [-0.4, -0.2) is 44.2 Å². The van der Waals surface area contributed by atoms with Crippen molar-refractivity contribution in [3.63, 3.8) is 0 Å². The lowest BCUT2D eigenvalue weighted by molar-refractivity contribution is -0.184. The molecule has 4 rings (SSSR count). The van der Waals surface area contributed by atoms with E-state index in [9.17, 15) is 23.1 Å². The van der Waals surface area contributed by atoms with Crippen molar-refractivity contribution in [2.75, 3.05) is 6.54 Å². The maximum absolute atomic E-state index is 13.2. The molecule has 1 fully saturated rings. The standard InChI is InChI=1S/C23H26F3N5O2/c1-4-17(29-15-10-28-31(11-15)13(2)3)19-16-9-14(5-6-18(16)30-21(19)33)20(32)27-12-22(7-8-22)23(24,25)26/h5-6,9-11,13,30,33H,4,7-8,12H2,1-3H3,(H,27,32). The van der Waals surface area contributed by atoms with Gasteiger partial charge in [-0.05, 0) is 51.3 Å². The number of amides is 1. The Bertz CT molecular complexity index is 1220. The van der Waals surface area contributed by atoms with Gasteiger partial charge in [-0.1, -0.05) is 6.92 Å². The predicted molar refractivity (Wildman–Crippen MR) is 119 cm³/mol. The van der Waals surface area contributed by atoms with E-state index >= 15 is 0 Å². The van der Waals surface area contributed by atoms with E-state index in [2.05, 4.69) is 20.4 Å². The van der Waals surface area contributed by atoms with Crippen LogP contribution in [0, 0.1) is 5.41 Å². The molecule has 1 aliphatic rings. The second kappa shape index (κ2) is 8.24. The fourth-order valence-corrected chi connectivity index (χ4v) is 3.81. The summed E-state index contributed by atoms with van der Waals surface area (Å²) >= 11 is 0. The van der Waals surface area contributed by atoms with Crippen molar-refractivity contribution in [2.24, 2.45) is 10.4 Å². The van der Waals surface area contributed by atoms with Crippen LogP contribution in [0.3, 0.4) is 0 Å². The van der Waals surface area contributed by atoms with Gasteiger partial charge in [-0.3, -0.25) is 9.48 Å². The second-order valence-electron chi connectivity index (χ2n) is 8.75. The number of alkyl halides is 3. The maximum Gasteiger partial charge on any atom is 0.396 e. The van der Waals surface area contributed by atoms with Crippen molar-refractivity contribution >= 4 is 28.2 Å². The Kier molecular flexibility index (Phi) is 5.71. The Hall–Kier alpha value is -3.30. The number of hydrogen-bond donors (Lipinski definition) is 3. The van der Waals surface area contributed by atoms with Gasteiger partial charge in [0.15, 0.2) is 5.88 Å². The van der Waals surface area contributed by atoms with Crippen molar-refractivity contribution in [1.82, 2.24) is 20.1 Å². The number of benzene rings is 1. The quantitative estimate of drug-likeness (QED) is 0.419. The van der Waals surface area contributed by atoms with E-state index in [1.54, 1.807) is 29.2 Å². The fourth-order valence-electron chi connectivity index (χ4n) is 3.81. The Morgan fingerprint density at radius 2 is 2.09 bits per heavy atom. The Balaban J connectivity index is 1.64. The molecule has 1 aliphatic carbocycles. The third-order valence-electron chi connectivity index (χ3n) is 6.09. The van der Waals surface area contributed by atoms with Crippen LogP contribution in [0.4, 0.5) is 18.9 Å². The van der Waals surface area contributed by atoms with Gasteiger partial charge in [0.1, 0.15) is 5.69 Å². The highest BCUT2D eigenvalue weighted by Gasteiger charge is 2.63. The van der Waals surface area contributed by atoms with Crippen LogP contribution in [0.1, 0.15) is 62.0 Å². The minimum atomic E-state index is -4.33. The lowest BCUT2D eigenvalue weighted by Gasteiger charge is -2.19. The number of nitrogens with zero attached hydrogens (tertiary/aromatic N) is 3. The lowest BCUT2D eigenvalue weighted by atomic mass is 10.0. The van der Waals surface area contributed by atoms with Crippen LogP contribution in [-0.2, 0) is 0 Å². The lowest BCUT2D eigenvalue weighted by Crippen LogP contribution is -2.38. The molecule has 33 heavy (non-hydrogen) atoms. The van der Waals surface area contributed by atoms with Crippen LogP contribution in [0.25, 0.3) is 10.9 Å². The van der Waals surface area contributed by atoms with Crippen LogP contribution < -0.4 is 5.32 Å². The number of halogens is 3. The van der Waals surface area contributed by atoms with Gasteiger partial charge in [-0.25, -0.2) is 4.99 Å². The molecule has 0 unspecified atom stereocenters. The highest BCUT2D eigenvalue weighted by atomic mass is 19.4. The molecule has 0 radical (unpaired) electrons. The molecule has 3 N–H and O–H groups in total. The number of aliphatic imine (C=N–C) groups is 1. The number of aromatic hydroxyl groups is 1. The summed E-state index contributed by atoms with van der Waals surface area (Å²) in [5, 5.41) is 17.8. The average molecular weight is 461 g/mol. The number of aromatic amines is 1. The van der Waals surface area contributed by atoms with Crippen LogP contribution in [0.5, 0.6) is 5.88 Å².